The number of benzene rings is 1. The number of carbonyl (C=O) groups excluding carboxylic acids is 1. The summed E-state index contributed by atoms with van der Waals surface area (Å²) in [7, 11) is 0. The second-order valence-corrected chi connectivity index (χ2v) is 11.4. The molecular weight excluding hydrogens is 554 g/mol. The Balaban J connectivity index is 1.86. The summed E-state index contributed by atoms with van der Waals surface area (Å²) in [6.07, 6.45) is 2.92. The molecule has 0 bridgehead atoms. The van der Waals surface area contributed by atoms with Gasteiger partial charge >= 0.3 is 5.69 Å². The molecule has 4 aromatic rings. The number of carbonyl (C=O) groups is 1. The second-order valence-electron chi connectivity index (χ2n) is 11.4. The van der Waals surface area contributed by atoms with Crippen LogP contribution in [0, 0.1) is 24.5 Å². The van der Waals surface area contributed by atoms with E-state index in [1.807, 2.05) is 39.5 Å². The minimum atomic E-state index is -0.894. The van der Waals surface area contributed by atoms with Crippen LogP contribution in [0.2, 0.25) is 0 Å². The Kier molecular flexibility index (Phi) is 8.00. The molecule has 1 saturated heterocycles. The molecule has 1 aromatic carbocycles. The molecule has 1 N–H and O–H groups in total. The van der Waals surface area contributed by atoms with Crippen LogP contribution >= 0.6 is 0 Å². The van der Waals surface area contributed by atoms with Crippen LogP contribution in [0.1, 0.15) is 44.9 Å². The van der Waals surface area contributed by atoms with E-state index in [1.165, 1.54) is 28.8 Å². The maximum absolute atomic E-state index is 16.0. The Morgan fingerprint density at radius 1 is 1.12 bits per heavy atom. The fourth-order valence-corrected chi connectivity index (χ4v) is 5.71. The summed E-state index contributed by atoms with van der Waals surface area (Å²) in [5.74, 6) is -2.30. The fraction of sp³-hybridized carbons (Fsp3) is 0.344. The first-order valence-corrected chi connectivity index (χ1v) is 14.2. The summed E-state index contributed by atoms with van der Waals surface area (Å²) in [6, 6.07) is 6.33. The Labute approximate surface area is 248 Å². The van der Waals surface area contributed by atoms with E-state index in [9.17, 15) is 19.1 Å². The smallest absolute Gasteiger partial charge is 0.355 e. The number of aromatic hydroxyl groups is 1. The van der Waals surface area contributed by atoms with Crippen molar-refractivity contribution < 1.29 is 18.7 Å². The average molecular weight is 589 g/mol. The Morgan fingerprint density at radius 2 is 1.86 bits per heavy atom. The summed E-state index contributed by atoms with van der Waals surface area (Å²) < 4.78 is 32.2. The van der Waals surface area contributed by atoms with Crippen molar-refractivity contribution in [2.75, 3.05) is 24.5 Å². The van der Waals surface area contributed by atoms with E-state index in [0.717, 1.165) is 11.6 Å². The van der Waals surface area contributed by atoms with Gasteiger partial charge in [-0.25, -0.2) is 23.1 Å². The van der Waals surface area contributed by atoms with Crippen LogP contribution < -0.4 is 10.6 Å². The summed E-state index contributed by atoms with van der Waals surface area (Å²) in [5.41, 5.74) is 0.294. The monoisotopic (exact) mass is 588 g/mol. The van der Waals surface area contributed by atoms with Crippen LogP contribution in [-0.4, -0.2) is 61.1 Å². The molecule has 43 heavy (non-hydrogen) atoms. The number of halogens is 2. The molecule has 0 radical (unpaired) electrons. The fourth-order valence-electron chi connectivity index (χ4n) is 5.71. The van der Waals surface area contributed by atoms with E-state index in [1.54, 1.807) is 17.2 Å². The Hall–Kier alpha value is -4.67. The number of rotatable bonds is 6. The zero-order chi connectivity index (χ0) is 31.2. The second kappa shape index (κ2) is 11.5. The molecular formula is C32H34F2N6O3. The molecule has 1 unspecified atom stereocenters. The van der Waals surface area contributed by atoms with Gasteiger partial charge in [-0.3, -0.25) is 9.78 Å². The summed E-state index contributed by atoms with van der Waals surface area (Å²) in [5, 5.41) is 10.7. The number of phenolic OH excluding ortho intramolecular Hbond substituents is 1. The number of fused-ring (bicyclic) bond motifs is 1. The molecule has 1 atom stereocenters. The van der Waals surface area contributed by atoms with E-state index in [0.29, 0.717) is 31.0 Å². The normalized spacial score (nSPS) is 15.5. The predicted octanol–water partition coefficient (Wildman–Crippen LogP) is 5.12. The van der Waals surface area contributed by atoms with Crippen molar-refractivity contribution in [3.63, 3.8) is 0 Å². The lowest BCUT2D eigenvalue weighted by atomic mass is 9.98. The molecule has 0 aliphatic carbocycles. The number of nitrogens with zero attached hydrogens (tertiary/aromatic N) is 6. The SMILES string of the molecule is C=CC(=O)N1CCN(c2nc(=O)n(-c3c(C)ccnc3C(C)C)c3nc(-c4c(O)cccc4F)c(F)cc23)C(C(C)C)C1. The van der Waals surface area contributed by atoms with Crippen molar-refractivity contribution in [2.24, 2.45) is 5.92 Å². The van der Waals surface area contributed by atoms with Gasteiger partial charge in [-0.05, 0) is 54.7 Å². The van der Waals surface area contributed by atoms with Gasteiger partial charge in [0.05, 0.1) is 28.4 Å². The third-order valence-corrected chi connectivity index (χ3v) is 7.90. The summed E-state index contributed by atoms with van der Waals surface area (Å²) >= 11 is 0. The highest BCUT2D eigenvalue weighted by atomic mass is 19.1. The topological polar surface area (TPSA) is 104 Å². The van der Waals surface area contributed by atoms with Gasteiger partial charge < -0.3 is 14.9 Å². The third kappa shape index (κ3) is 5.24. The van der Waals surface area contributed by atoms with Crippen molar-refractivity contribution >= 4 is 22.8 Å². The number of aryl methyl sites for hydroxylation is 1. The lowest BCUT2D eigenvalue weighted by Gasteiger charge is -2.44. The van der Waals surface area contributed by atoms with E-state index < -0.39 is 34.3 Å². The molecule has 1 fully saturated rings. The van der Waals surface area contributed by atoms with Crippen LogP contribution in [0.25, 0.3) is 28.0 Å². The first-order chi connectivity index (χ1) is 20.4. The van der Waals surface area contributed by atoms with Crippen LogP contribution in [0.4, 0.5) is 14.6 Å². The minimum Gasteiger partial charge on any atom is -0.507 e. The van der Waals surface area contributed by atoms with Gasteiger partial charge in [0.15, 0.2) is 11.5 Å². The van der Waals surface area contributed by atoms with Crippen LogP contribution in [0.15, 0.2) is 54.0 Å². The highest BCUT2D eigenvalue weighted by Crippen LogP contribution is 2.37. The molecule has 224 valence electrons. The lowest BCUT2D eigenvalue weighted by molar-refractivity contribution is -0.127. The van der Waals surface area contributed by atoms with Crippen molar-refractivity contribution in [1.29, 1.82) is 0 Å². The number of anilines is 1. The molecule has 4 heterocycles. The van der Waals surface area contributed by atoms with Crippen molar-refractivity contribution in [3.05, 3.63) is 82.6 Å². The number of phenols is 1. The Bertz CT molecular complexity index is 1780. The molecule has 1 aliphatic heterocycles. The predicted molar refractivity (Wildman–Crippen MR) is 162 cm³/mol. The molecule has 1 amide bonds. The number of piperazine rings is 1. The van der Waals surface area contributed by atoms with Crippen molar-refractivity contribution in [1.82, 2.24) is 24.4 Å². The molecule has 0 saturated carbocycles. The van der Waals surface area contributed by atoms with Crippen LogP contribution in [0.5, 0.6) is 5.75 Å². The lowest BCUT2D eigenvalue weighted by Crippen LogP contribution is -2.57. The number of pyridine rings is 2. The van der Waals surface area contributed by atoms with Crippen LogP contribution in [0.3, 0.4) is 0 Å². The Morgan fingerprint density at radius 3 is 2.51 bits per heavy atom. The van der Waals surface area contributed by atoms with E-state index in [-0.39, 0.29) is 40.6 Å². The number of hydrogen-bond donors (Lipinski definition) is 1. The third-order valence-electron chi connectivity index (χ3n) is 7.90. The standard InChI is InChI=1S/C32H34F2N6O3/c1-7-25(42)38-13-14-39(23(16-38)17(2)3)30-20-15-22(34)28(26-21(33)9-8-10-24(26)41)36-31(20)40(32(43)37-30)29-19(6)11-12-35-27(29)18(4)5/h7-12,15,17-18,23,41H,1,13-14,16H2,2-6H3. The zero-order valence-corrected chi connectivity index (χ0v) is 24.8. The van der Waals surface area contributed by atoms with Crippen LogP contribution in [-0.2, 0) is 4.79 Å². The first kappa shape index (κ1) is 29.8. The van der Waals surface area contributed by atoms with Gasteiger partial charge in [0.2, 0.25) is 5.91 Å². The quantitative estimate of drug-likeness (QED) is 0.312. The van der Waals surface area contributed by atoms with Crippen molar-refractivity contribution in [2.45, 2.75) is 46.6 Å². The molecule has 3 aromatic heterocycles. The van der Waals surface area contributed by atoms with E-state index >= 15 is 4.39 Å². The molecule has 11 heteroatoms. The highest BCUT2D eigenvalue weighted by Gasteiger charge is 2.34. The molecule has 1 aliphatic rings. The number of aromatic nitrogens is 4. The van der Waals surface area contributed by atoms with Gasteiger partial charge in [0, 0.05) is 25.8 Å². The largest absolute Gasteiger partial charge is 0.507 e. The van der Waals surface area contributed by atoms with Crippen molar-refractivity contribution in [3.8, 4) is 22.7 Å². The zero-order valence-electron chi connectivity index (χ0n) is 24.8. The average Bonchev–Trinajstić information content (AvgIpc) is 2.96. The van der Waals surface area contributed by atoms with Gasteiger partial charge in [-0.1, -0.05) is 40.3 Å². The maximum atomic E-state index is 16.0. The van der Waals surface area contributed by atoms with Gasteiger partial charge in [-0.15, -0.1) is 0 Å². The van der Waals surface area contributed by atoms with E-state index in [4.69, 9.17) is 0 Å². The highest BCUT2D eigenvalue weighted by molar-refractivity contribution is 5.91. The van der Waals surface area contributed by atoms with Gasteiger partial charge in [0.25, 0.3) is 0 Å². The number of amides is 1. The molecule has 0 spiro atoms. The molecule has 5 rings (SSSR count). The van der Waals surface area contributed by atoms with E-state index in [2.05, 4.69) is 21.5 Å². The van der Waals surface area contributed by atoms with Gasteiger partial charge in [0.1, 0.15) is 23.1 Å². The number of hydrogen-bond acceptors (Lipinski definition) is 7. The summed E-state index contributed by atoms with van der Waals surface area (Å²) in [6.45, 7) is 14.3. The maximum Gasteiger partial charge on any atom is 0.355 e. The molecule has 9 nitrogen and oxygen atoms in total. The van der Waals surface area contributed by atoms with Gasteiger partial charge in [-0.2, -0.15) is 4.98 Å². The first-order valence-electron chi connectivity index (χ1n) is 14.2. The summed E-state index contributed by atoms with van der Waals surface area (Å²) in [4.78, 5) is 43.6. The minimum absolute atomic E-state index is 0.0280.